The van der Waals surface area contributed by atoms with E-state index in [4.69, 9.17) is 23.2 Å². The molecule has 0 bridgehead atoms. The second-order valence-corrected chi connectivity index (χ2v) is 8.94. The summed E-state index contributed by atoms with van der Waals surface area (Å²) in [5.74, 6) is 0.790. The Morgan fingerprint density at radius 2 is 1.86 bits per heavy atom. The second-order valence-electron chi connectivity index (χ2n) is 8.13. The maximum Gasteiger partial charge on any atom is 0.277 e. The third-order valence-corrected chi connectivity index (χ3v) is 5.81. The van der Waals surface area contributed by atoms with E-state index in [0.29, 0.717) is 26.8 Å². The highest BCUT2D eigenvalue weighted by Crippen LogP contribution is 2.35. The molecule has 3 heterocycles. The van der Waals surface area contributed by atoms with Gasteiger partial charge in [0, 0.05) is 30.1 Å². The van der Waals surface area contributed by atoms with Gasteiger partial charge in [0.2, 0.25) is 5.82 Å². The lowest BCUT2D eigenvalue weighted by Crippen LogP contribution is -2.42. The van der Waals surface area contributed by atoms with Crippen LogP contribution >= 0.6 is 23.2 Å². The largest absolute Gasteiger partial charge is 0.305 e. The SMILES string of the molecule is CC1CN(c2ccc(Cl)c(Cl)c2)C(=O)c2c(-c3ccnc([N+](C)(C)C)c3)cnn21. The number of anilines is 1. The van der Waals surface area contributed by atoms with Gasteiger partial charge >= 0.3 is 0 Å². The Bertz CT molecular complexity index is 1100. The van der Waals surface area contributed by atoms with E-state index >= 15 is 0 Å². The molecule has 0 radical (unpaired) electrons. The Morgan fingerprint density at radius 3 is 2.55 bits per heavy atom. The van der Waals surface area contributed by atoms with E-state index in [1.807, 2.05) is 25.1 Å². The first-order chi connectivity index (χ1) is 13.7. The maximum absolute atomic E-state index is 13.5. The molecule has 8 heteroatoms. The average molecular weight is 431 g/mol. The lowest BCUT2D eigenvalue weighted by Gasteiger charge is -2.32. The van der Waals surface area contributed by atoms with Crippen LogP contribution in [0.3, 0.4) is 0 Å². The number of benzene rings is 1. The number of fused-ring (bicyclic) bond motifs is 1. The number of amides is 1. The summed E-state index contributed by atoms with van der Waals surface area (Å²) in [6.07, 6.45) is 3.53. The van der Waals surface area contributed by atoms with Crippen LogP contribution in [0.15, 0.2) is 42.7 Å². The summed E-state index contributed by atoms with van der Waals surface area (Å²) in [7, 11) is 6.16. The highest BCUT2D eigenvalue weighted by Gasteiger charge is 2.34. The molecule has 1 amide bonds. The van der Waals surface area contributed by atoms with E-state index < -0.39 is 0 Å². The molecule has 0 fully saturated rings. The van der Waals surface area contributed by atoms with Gasteiger partial charge in [-0.05, 0) is 36.8 Å². The minimum absolute atomic E-state index is 0.0191. The number of aromatic nitrogens is 3. The molecule has 2 aromatic heterocycles. The maximum atomic E-state index is 13.5. The number of carbonyl (C=O) groups is 1. The Kier molecular flexibility index (Phi) is 4.89. The first kappa shape index (κ1) is 19.9. The van der Waals surface area contributed by atoms with E-state index in [9.17, 15) is 4.79 Å². The van der Waals surface area contributed by atoms with Gasteiger partial charge in [0.05, 0.1) is 43.4 Å². The van der Waals surface area contributed by atoms with Crippen LogP contribution in [0.5, 0.6) is 0 Å². The minimum atomic E-state index is -0.113. The van der Waals surface area contributed by atoms with Crippen LogP contribution in [-0.2, 0) is 0 Å². The lowest BCUT2D eigenvalue weighted by atomic mass is 10.0. The van der Waals surface area contributed by atoms with Crippen molar-refractivity contribution in [2.45, 2.75) is 13.0 Å². The fourth-order valence-corrected chi connectivity index (χ4v) is 3.79. The first-order valence-electron chi connectivity index (χ1n) is 9.29. The standard InChI is InChI=1S/C21H22Cl2N5O/c1-13-12-26(15-5-6-17(22)18(23)10-15)21(29)20-16(11-25-27(13)20)14-7-8-24-19(9-14)28(2,3)4/h5-11,13H,12H2,1-4H3/q+1. The molecule has 1 aliphatic heterocycles. The van der Waals surface area contributed by atoms with Crippen molar-refractivity contribution in [1.82, 2.24) is 19.2 Å². The molecule has 0 spiro atoms. The van der Waals surface area contributed by atoms with E-state index in [2.05, 4.69) is 31.2 Å². The van der Waals surface area contributed by atoms with Crippen molar-refractivity contribution in [3.63, 3.8) is 0 Å². The van der Waals surface area contributed by atoms with Crippen molar-refractivity contribution >= 4 is 40.6 Å². The summed E-state index contributed by atoms with van der Waals surface area (Å²) in [5, 5.41) is 5.40. The Labute approximate surface area is 179 Å². The Hall–Kier alpha value is -2.41. The third kappa shape index (κ3) is 3.52. The topological polar surface area (TPSA) is 51.0 Å². The van der Waals surface area contributed by atoms with E-state index in [0.717, 1.165) is 22.6 Å². The van der Waals surface area contributed by atoms with Crippen molar-refractivity contribution in [2.24, 2.45) is 0 Å². The molecular formula is C21H22Cl2N5O+. The molecule has 6 nitrogen and oxygen atoms in total. The van der Waals surface area contributed by atoms with Crippen LogP contribution in [0.1, 0.15) is 23.5 Å². The van der Waals surface area contributed by atoms with Crippen LogP contribution in [0.2, 0.25) is 10.0 Å². The van der Waals surface area contributed by atoms with Gasteiger partial charge in [-0.25, -0.2) is 4.98 Å². The van der Waals surface area contributed by atoms with Gasteiger partial charge < -0.3 is 4.90 Å². The lowest BCUT2D eigenvalue weighted by molar-refractivity contribution is 0.0954. The highest BCUT2D eigenvalue weighted by molar-refractivity contribution is 6.42. The quantitative estimate of drug-likeness (QED) is 0.567. The zero-order valence-corrected chi connectivity index (χ0v) is 18.2. The molecule has 1 aliphatic rings. The van der Waals surface area contributed by atoms with Gasteiger partial charge in [-0.3, -0.25) is 14.0 Å². The molecule has 3 aromatic rings. The Morgan fingerprint density at radius 1 is 1.10 bits per heavy atom. The number of quaternary nitrogens is 1. The van der Waals surface area contributed by atoms with Gasteiger partial charge in [-0.1, -0.05) is 23.2 Å². The molecule has 1 aromatic carbocycles. The van der Waals surface area contributed by atoms with Crippen molar-refractivity contribution < 1.29 is 4.79 Å². The first-order valence-corrected chi connectivity index (χ1v) is 10.1. The number of pyridine rings is 1. The summed E-state index contributed by atoms with van der Waals surface area (Å²) in [6.45, 7) is 2.55. The molecule has 150 valence electrons. The van der Waals surface area contributed by atoms with Crippen molar-refractivity contribution in [3.8, 4) is 11.1 Å². The van der Waals surface area contributed by atoms with Crippen LogP contribution < -0.4 is 9.38 Å². The molecule has 1 unspecified atom stereocenters. The summed E-state index contributed by atoms with van der Waals surface area (Å²) in [5.41, 5.74) is 2.99. The molecular weight excluding hydrogens is 409 g/mol. The van der Waals surface area contributed by atoms with Crippen LogP contribution in [0.4, 0.5) is 11.5 Å². The fourth-order valence-electron chi connectivity index (χ4n) is 3.50. The number of rotatable bonds is 3. The van der Waals surface area contributed by atoms with Gasteiger partial charge in [0.15, 0.2) is 0 Å². The summed E-state index contributed by atoms with van der Waals surface area (Å²) in [4.78, 5) is 19.7. The van der Waals surface area contributed by atoms with E-state index in [-0.39, 0.29) is 11.9 Å². The zero-order valence-electron chi connectivity index (χ0n) is 16.7. The summed E-state index contributed by atoms with van der Waals surface area (Å²) < 4.78 is 2.38. The molecule has 0 aliphatic carbocycles. The van der Waals surface area contributed by atoms with Gasteiger partial charge in [-0.2, -0.15) is 5.10 Å². The third-order valence-electron chi connectivity index (χ3n) is 5.07. The minimum Gasteiger partial charge on any atom is -0.305 e. The molecule has 0 N–H and O–H groups in total. The Balaban J connectivity index is 1.80. The predicted molar refractivity (Wildman–Crippen MR) is 118 cm³/mol. The van der Waals surface area contributed by atoms with E-state index in [1.54, 1.807) is 34.1 Å². The van der Waals surface area contributed by atoms with Gasteiger partial charge in [-0.15, -0.1) is 0 Å². The smallest absolute Gasteiger partial charge is 0.277 e. The molecule has 1 atom stereocenters. The van der Waals surface area contributed by atoms with Crippen molar-refractivity contribution in [3.05, 3.63) is 58.5 Å². The molecule has 0 saturated carbocycles. The summed E-state index contributed by atoms with van der Waals surface area (Å²) >= 11 is 12.2. The molecule has 29 heavy (non-hydrogen) atoms. The van der Waals surface area contributed by atoms with E-state index in [1.165, 1.54) is 0 Å². The van der Waals surface area contributed by atoms with Crippen LogP contribution in [-0.4, -0.2) is 48.4 Å². The molecule has 0 saturated heterocycles. The number of halogens is 2. The number of hydrogen-bond acceptors (Lipinski definition) is 3. The van der Waals surface area contributed by atoms with Crippen molar-refractivity contribution in [2.75, 3.05) is 32.6 Å². The molecule has 4 rings (SSSR count). The van der Waals surface area contributed by atoms with Crippen LogP contribution in [0, 0.1) is 0 Å². The highest BCUT2D eigenvalue weighted by atomic mass is 35.5. The second kappa shape index (κ2) is 7.13. The fraction of sp³-hybridized carbons (Fsp3) is 0.286. The normalized spacial score (nSPS) is 16.8. The zero-order chi connectivity index (χ0) is 20.9. The van der Waals surface area contributed by atoms with Crippen LogP contribution in [0.25, 0.3) is 11.1 Å². The van der Waals surface area contributed by atoms with Gasteiger partial charge in [0.25, 0.3) is 5.91 Å². The number of carbonyl (C=O) groups excluding carboxylic acids is 1. The average Bonchev–Trinajstić information content (AvgIpc) is 3.12. The van der Waals surface area contributed by atoms with Gasteiger partial charge in [0.1, 0.15) is 5.69 Å². The predicted octanol–water partition coefficient (Wildman–Crippen LogP) is 4.67. The number of nitrogens with zero attached hydrogens (tertiary/aromatic N) is 5. The van der Waals surface area contributed by atoms with Crippen molar-refractivity contribution in [1.29, 1.82) is 0 Å². The summed E-state index contributed by atoms with van der Waals surface area (Å²) in [6, 6.07) is 9.18. The number of hydrogen-bond donors (Lipinski definition) is 0. The monoisotopic (exact) mass is 430 g/mol.